The molecule has 0 bridgehead atoms. The molecule has 0 aliphatic carbocycles. The average Bonchev–Trinajstić information content (AvgIpc) is 3.32. The number of ether oxygens (including phenoxy) is 4. The Morgan fingerprint density at radius 3 is 2.60 bits per heavy atom. The summed E-state index contributed by atoms with van der Waals surface area (Å²) < 4.78 is 39.3. The van der Waals surface area contributed by atoms with Crippen molar-refractivity contribution in [3.8, 4) is 23.0 Å². The maximum Gasteiger partial charge on any atom is 0.332 e. The van der Waals surface area contributed by atoms with Gasteiger partial charge in [-0.2, -0.15) is 0 Å². The van der Waals surface area contributed by atoms with Crippen LogP contribution in [0.2, 0.25) is 0 Å². The molecule has 0 saturated carbocycles. The number of pyridine rings is 1. The summed E-state index contributed by atoms with van der Waals surface area (Å²) in [4.78, 5) is 35.1. The van der Waals surface area contributed by atoms with Crippen LogP contribution in [0.3, 0.4) is 0 Å². The van der Waals surface area contributed by atoms with Crippen molar-refractivity contribution in [3.63, 3.8) is 0 Å². The lowest BCUT2D eigenvalue weighted by Gasteiger charge is -2.26. The summed E-state index contributed by atoms with van der Waals surface area (Å²) in [5.74, 6) is 0.184. The minimum absolute atomic E-state index is 0.0706. The van der Waals surface area contributed by atoms with E-state index in [1.165, 1.54) is 17.0 Å². The van der Waals surface area contributed by atoms with Crippen molar-refractivity contribution < 1.29 is 32.9 Å². The topological polar surface area (TPSA) is 93.7 Å². The van der Waals surface area contributed by atoms with Crippen molar-refractivity contribution in [1.29, 1.82) is 0 Å². The van der Waals surface area contributed by atoms with Gasteiger partial charge < -0.3 is 23.8 Å². The van der Waals surface area contributed by atoms with Gasteiger partial charge in [0.1, 0.15) is 12.3 Å². The summed E-state index contributed by atoms with van der Waals surface area (Å²) in [5.41, 5.74) is 1.58. The van der Waals surface area contributed by atoms with Crippen LogP contribution in [0.5, 0.6) is 23.0 Å². The third kappa shape index (κ3) is 7.03. The van der Waals surface area contributed by atoms with Crippen LogP contribution in [0.15, 0.2) is 71.3 Å². The zero-order valence-electron chi connectivity index (χ0n) is 24.7. The van der Waals surface area contributed by atoms with Gasteiger partial charge in [0.05, 0.1) is 38.1 Å². The second kappa shape index (κ2) is 13.8. The van der Waals surface area contributed by atoms with E-state index >= 15 is 4.39 Å². The second-order valence-electron chi connectivity index (χ2n) is 10.7. The summed E-state index contributed by atoms with van der Waals surface area (Å²) in [7, 11) is 1.55. The van der Waals surface area contributed by atoms with Crippen LogP contribution >= 0.6 is 15.9 Å². The molecule has 3 aromatic carbocycles. The molecule has 1 aromatic heterocycles. The molecular formula is C33H32BrFN4O6. The van der Waals surface area contributed by atoms with Crippen LogP contribution in [0.4, 0.5) is 14.9 Å². The Hall–Kier alpha value is -4.26. The van der Waals surface area contributed by atoms with E-state index in [0.29, 0.717) is 34.8 Å². The molecule has 3 heterocycles. The van der Waals surface area contributed by atoms with E-state index in [2.05, 4.69) is 25.8 Å². The van der Waals surface area contributed by atoms with Crippen molar-refractivity contribution in [3.05, 3.63) is 82.7 Å². The maximum absolute atomic E-state index is 15.4. The number of carbonyl (C=O) groups is 2. The Balaban J connectivity index is 1.15. The molecule has 2 fully saturated rings. The molecule has 45 heavy (non-hydrogen) atoms. The number of benzene rings is 3. The van der Waals surface area contributed by atoms with E-state index < -0.39 is 17.8 Å². The number of fused-ring (bicyclic) bond motifs is 1. The number of hydrogen-bond acceptors (Lipinski definition) is 8. The summed E-state index contributed by atoms with van der Waals surface area (Å²) in [5, 5.41) is 0.603. The van der Waals surface area contributed by atoms with E-state index in [0.717, 1.165) is 60.3 Å². The molecule has 2 aliphatic rings. The van der Waals surface area contributed by atoms with E-state index in [1.54, 1.807) is 31.5 Å². The number of aromatic nitrogens is 1. The minimum atomic E-state index is -0.726. The number of morpholine rings is 1. The van der Waals surface area contributed by atoms with Gasteiger partial charge in [0.25, 0.3) is 5.91 Å². The number of urea groups is 1. The Morgan fingerprint density at radius 1 is 0.978 bits per heavy atom. The molecule has 10 nitrogen and oxygen atoms in total. The van der Waals surface area contributed by atoms with Crippen LogP contribution in [0, 0.1) is 5.82 Å². The molecule has 2 saturated heterocycles. The lowest BCUT2D eigenvalue weighted by molar-refractivity contribution is -0.116. The van der Waals surface area contributed by atoms with Gasteiger partial charge in [-0.25, -0.2) is 14.1 Å². The van der Waals surface area contributed by atoms with Gasteiger partial charge >= 0.3 is 6.03 Å². The van der Waals surface area contributed by atoms with E-state index in [4.69, 9.17) is 18.9 Å². The highest BCUT2D eigenvalue weighted by molar-refractivity contribution is 9.10. The molecule has 4 aromatic rings. The van der Waals surface area contributed by atoms with Gasteiger partial charge in [-0.15, -0.1) is 0 Å². The number of halogens is 2. The van der Waals surface area contributed by atoms with E-state index in [-0.39, 0.29) is 24.5 Å². The number of imide groups is 1. The number of methoxy groups -OCH3 is 1. The fourth-order valence-corrected chi connectivity index (χ4v) is 5.84. The first-order chi connectivity index (χ1) is 21.9. The molecular weight excluding hydrogens is 647 g/mol. The SMILES string of the molecule is COc1cc2c(Oc3ccc(N4C(=O)CN(Cc5cccc(Br)c5)C4=O)cc3F)ccnc2cc1OCCCN1CCOCC1. The summed E-state index contributed by atoms with van der Waals surface area (Å²) in [6.45, 7) is 4.95. The van der Waals surface area contributed by atoms with Crippen LogP contribution in [0.25, 0.3) is 10.9 Å². The summed E-state index contributed by atoms with van der Waals surface area (Å²) >= 11 is 3.42. The summed E-state index contributed by atoms with van der Waals surface area (Å²) in [6, 6.07) is 16.2. The molecule has 12 heteroatoms. The van der Waals surface area contributed by atoms with Gasteiger partial charge in [-0.05, 0) is 48.4 Å². The predicted molar refractivity (Wildman–Crippen MR) is 170 cm³/mol. The van der Waals surface area contributed by atoms with Gasteiger partial charge in [0, 0.05) is 54.4 Å². The van der Waals surface area contributed by atoms with E-state index in [9.17, 15) is 9.59 Å². The van der Waals surface area contributed by atoms with Crippen LogP contribution in [0.1, 0.15) is 12.0 Å². The molecule has 0 unspecified atom stereocenters. The zero-order valence-corrected chi connectivity index (χ0v) is 26.3. The zero-order chi connectivity index (χ0) is 31.3. The number of hydrogen-bond donors (Lipinski definition) is 0. The fraction of sp³-hybridized carbons (Fsp3) is 0.303. The van der Waals surface area contributed by atoms with Crippen LogP contribution in [-0.2, 0) is 16.1 Å². The lowest BCUT2D eigenvalue weighted by atomic mass is 10.1. The van der Waals surface area contributed by atoms with Crippen molar-refractivity contribution in [2.75, 3.05) is 58.0 Å². The van der Waals surface area contributed by atoms with Crippen LogP contribution in [-0.4, -0.2) is 79.8 Å². The molecule has 0 radical (unpaired) electrons. The maximum atomic E-state index is 15.4. The lowest BCUT2D eigenvalue weighted by Crippen LogP contribution is -2.37. The average molecular weight is 680 g/mol. The monoisotopic (exact) mass is 678 g/mol. The third-order valence-corrected chi connectivity index (χ3v) is 8.15. The van der Waals surface area contributed by atoms with Gasteiger partial charge in [-0.3, -0.25) is 14.7 Å². The fourth-order valence-electron chi connectivity index (χ4n) is 5.40. The minimum Gasteiger partial charge on any atom is -0.493 e. The highest BCUT2D eigenvalue weighted by Crippen LogP contribution is 2.38. The quantitative estimate of drug-likeness (QED) is 0.141. The molecule has 234 valence electrons. The summed E-state index contributed by atoms with van der Waals surface area (Å²) in [6.07, 6.45) is 2.42. The molecule has 0 atom stereocenters. The second-order valence-corrected chi connectivity index (χ2v) is 11.6. The van der Waals surface area contributed by atoms with Gasteiger partial charge in [-0.1, -0.05) is 28.1 Å². The first-order valence-electron chi connectivity index (χ1n) is 14.6. The highest BCUT2D eigenvalue weighted by atomic mass is 79.9. The molecule has 0 spiro atoms. The Morgan fingerprint density at radius 2 is 1.82 bits per heavy atom. The van der Waals surface area contributed by atoms with Crippen LogP contribution < -0.4 is 19.1 Å². The van der Waals surface area contributed by atoms with Gasteiger partial charge in [0.15, 0.2) is 23.1 Å². The largest absolute Gasteiger partial charge is 0.493 e. The first kappa shape index (κ1) is 30.8. The van der Waals surface area contributed by atoms with Gasteiger partial charge in [0.2, 0.25) is 0 Å². The van der Waals surface area contributed by atoms with Crippen molar-refractivity contribution in [2.45, 2.75) is 13.0 Å². The van der Waals surface area contributed by atoms with Crippen molar-refractivity contribution in [2.24, 2.45) is 0 Å². The highest BCUT2D eigenvalue weighted by Gasteiger charge is 2.37. The Labute approximate surface area is 268 Å². The first-order valence-corrected chi connectivity index (χ1v) is 15.4. The van der Waals surface area contributed by atoms with Crippen molar-refractivity contribution in [1.82, 2.24) is 14.8 Å². The van der Waals surface area contributed by atoms with E-state index in [1.807, 2.05) is 24.3 Å². The predicted octanol–water partition coefficient (Wildman–Crippen LogP) is 6.01. The Bertz CT molecular complexity index is 1720. The smallest absolute Gasteiger partial charge is 0.332 e. The molecule has 2 aliphatic heterocycles. The normalized spacial score (nSPS) is 15.6. The molecule has 6 rings (SSSR count). The number of anilines is 1. The molecule has 3 amide bonds. The number of amides is 3. The number of carbonyl (C=O) groups excluding carboxylic acids is 2. The third-order valence-electron chi connectivity index (χ3n) is 7.66. The number of rotatable bonds is 11. The number of nitrogens with zero attached hydrogens (tertiary/aromatic N) is 4. The standard InChI is InChI=1S/C33H32BrFN4O6/c1-42-30-18-25-27(19-31(30)44-13-3-10-37-11-14-43-15-12-37)36-9-8-28(25)45-29-7-6-24(17-26(29)35)39-32(40)21-38(33(39)41)20-22-4-2-5-23(34)16-22/h2,4-9,16-19H,3,10-15,20-21H2,1H3. The molecule has 0 N–H and O–H groups in total. The Kier molecular flexibility index (Phi) is 9.43. The van der Waals surface area contributed by atoms with Crippen molar-refractivity contribution >= 4 is 44.5 Å².